The third-order valence-electron chi connectivity index (χ3n) is 2.75. The van der Waals surface area contributed by atoms with Crippen LogP contribution in [0.4, 0.5) is 26.3 Å². The average Bonchev–Trinajstić information content (AvgIpc) is 2.37. The minimum Gasteiger partial charge on any atom is -0.288 e. The molecule has 0 fully saturated rings. The molecule has 0 radical (unpaired) electrons. The summed E-state index contributed by atoms with van der Waals surface area (Å²) in [6.07, 6.45) is -0.0360. The van der Waals surface area contributed by atoms with E-state index in [0.717, 1.165) is 12.1 Å². The molecule has 0 unspecified atom stereocenters. The number of carbonyl (C=O) groups is 1. The van der Waals surface area contributed by atoms with Gasteiger partial charge in [0.05, 0.1) is 11.1 Å². The molecule has 20 heavy (non-hydrogen) atoms. The third-order valence-corrected chi connectivity index (χ3v) is 2.75. The van der Waals surface area contributed by atoms with Gasteiger partial charge in [-0.05, 0) is 24.3 Å². The van der Waals surface area contributed by atoms with Crippen LogP contribution in [-0.2, 0) is 0 Å². The van der Waals surface area contributed by atoms with Crippen LogP contribution in [0.5, 0.6) is 0 Å². The molecule has 0 aliphatic heterocycles. The lowest BCUT2D eigenvalue weighted by atomic mass is 9.93. The quantitative estimate of drug-likeness (QED) is 0.593. The first-order valence-electron chi connectivity index (χ1n) is 5.33. The van der Waals surface area contributed by atoms with Crippen molar-refractivity contribution in [1.29, 1.82) is 0 Å². The Morgan fingerprint density at radius 3 is 2.20 bits per heavy atom. The lowest BCUT2D eigenvalue weighted by Gasteiger charge is -2.26. The van der Waals surface area contributed by atoms with Crippen LogP contribution in [0, 0.1) is 5.82 Å². The number of rotatable bonds is 2. The number of allylic oxidation sites excluding steroid dienone is 4. The molecule has 2 rings (SSSR count). The highest BCUT2D eigenvalue weighted by Crippen LogP contribution is 2.46. The molecule has 0 heterocycles. The highest BCUT2D eigenvalue weighted by molar-refractivity contribution is 6.11. The van der Waals surface area contributed by atoms with E-state index in [1.54, 1.807) is 0 Å². The van der Waals surface area contributed by atoms with Crippen LogP contribution in [0.15, 0.2) is 47.8 Å². The highest BCUT2D eigenvalue weighted by atomic mass is 19.3. The van der Waals surface area contributed by atoms with Gasteiger partial charge in [0.25, 0.3) is 0 Å². The fraction of sp³-hybridized carbons (Fsp3) is 0.154. The Hall–Kier alpha value is -2.05. The van der Waals surface area contributed by atoms with Gasteiger partial charge in [-0.2, -0.15) is 17.6 Å². The summed E-state index contributed by atoms with van der Waals surface area (Å²) in [6.45, 7) is 0. The smallest absolute Gasteiger partial charge is 0.288 e. The number of benzene rings is 1. The van der Waals surface area contributed by atoms with Crippen molar-refractivity contribution in [3.8, 4) is 0 Å². The van der Waals surface area contributed by atoms with Gasteiger partial charge in [0, 0.05) is 0 Å². The van der Waals surface area contributed by atoms with E-state index in [0.29, 0.717) is 0 Å². The summed E-state index contributed by atoms with van der Waals surface area (Å²) in [5, 5.41) is 0. The van der Waals surface area contributed by atoms with E-state index >= 15 is 0 Å². The predicted octanol–water partition coefficient (Wildman–Crippen LogP) is 4.07. The van der Waals surface area contributed by atoms with Crippen LogP contribution in [0.25, 0.3) is 0 Å². The fourth-order valence-electron chi connectivity index (χ4n) is 1.65. The number of ketones is 1. The normalized spacial score (nSPS) is 20.1. The number of carbonyl (C=O) groups excluding carboxylic acids is 1. The molecule has 1 aliphatic carbocycles. The topological polar surface area (TPSA) is 17.1 Å². The van der Waals surface area contributed by atoms with Crippen LogP contribution < -0.4 is 0 Å². The Balaban J connectivity index is 2.52. The Bertz CT molecular complexity index is 630. The lowest BCUT2D eigenvalue weighted by Crippen LogP contribution is -2.42. The number of halogens is 6. The summed E-state index contributed by atoms with van der Waals surface area (Å²) in [6, 6.07) is 4.27. The molecule has 0 bridgehead atoms. The molecule has 1 aromatic carbocycles. The maximum Gasteiger partial charge on any atom is 0.365 e. The van der Waals surface area contributed by atoms with Gasteiger partial charge in [0.15, 0.2) is 11.6 Å². The van der Waals surface area contributed by atoms with E-state index in [1.807, 2.05) is 0 Å². The van der Waals surface area contributed by atoms with Crippen molar-refractivity contribution in [2.75, 3.05) is 0 Å². The molecule has 7 heteroatoms. The minimum atomic E-state index is -5.14. The monoisotopic (exact) mass is 292 g/mol. The van der Waals surface area contributed by atoms with Gasteiger partial charge < -0.3 is 0 Å². The molecule has 1 nitrogen and oxygen atoms in total. The van der Waals surface area contributed by atoms with Crippen molar-refractivity contribution in [3.63, 3.8) is 0 Å². The SMILES string of the molecule is O=C(C1=C(F)C(F)(F)C(F)(F)C=C1)c1ccccc1F. The second kappa shape index (κ2) is 4.50. The molecule has 1 aliphatic rings. The first kappa shape index (κ1) is 14.4. The van der Waals surface area contributed by atoms with Gasteiger partial charge in [-0.3, -0.25) is 4.79 Å². The van der Waals surface area contributed by atoms with E-state index in [9.17, 15) is 31.1 Å². The van der Waals surface area contributed by atoms with E-state index in [4.69, 9.17) is 0 Å². The molecule has 1 aromatic rings. The molecular formula is C13H6F6O. The van der Waals surface area contributed by atoms with Crippen LogP contribution in [0.1, 0.15) is 10.4 Å². The fourth-order valence-corrected chi connectivity index (χ4v) is 1.65. The predicted molar refractivity (Wildman–Crippen MR) is 57.9 cm³/mol. The minimum absolute atomic E-state index is 0.238. The summed E-state index contributed by atoms with van der Waals surface area (Å²) in [5.41, 5.74) is -1.96. The Labute approximate surface area is 109 Å². The zero-order chi connectivity index (χ0) is 15.1. The highest BCUT2D eigenvalue weighted by Gasteiger charge is 2.61. The van der Waals surface area contributed by atoms with Gasteiger partial charge in [0.2, 0.25) is 0 Å². The molecule has 0 spiro atoms. The average molecular weight is 292 g/mol. The van der Waals surface area contributed by atoms with Gasteiger partial charge in [0.1, 0.15) is 5.82 Å². The van der Waals surface area contributed by atoms with E-state index in [-0.39, 0.29) is 12.2 Å². The van der Waals surface area contributed by atoms with Gasteiger partial charge >= 0.3 is 11.8 Å². The molecule has 0 aromatic heterocycles. The van der Waals surface area contributed by atoms with Crippen molar-refractivity contribution in [3.05, 3.63) is 59.2 Å². The Morgan fingerprint density at radius 2 is 1.60 bits per heavy atom. The lowest BCUT2D eigenvalue weighted by molar-refractivity contribution is -0.166. The summed E-state index contributed by atoms with van der Waals surface area (Å²) in [5.74, 6) is -14.9. The number of alkyl halides is 4. The second-order valence-electron chi connectivity index (χ2n) is 4.07. The summed E-state index contributed by atoms with van der Waals surface area (Å²) in [7, 11) is 0. The van der Waals surface area contributed by atoms with Crippen LogP contribution in [0.3, 0.4) is 0 Å². The van der Waals surface area contributed by atoms with Crippen molar-refractivity contribution >= 4 is 5.78 Å². The third kappa shape index (κ3) is 2.03. The molecule has 106 valence electrons. The summed E-state index contributed by atoms with van der Waals surface area (Å²) >= 11 is 0. The molecular weight excluding hydrogens is 286 g/mol. The maximum absolute atomic E-state index is 13.4. The van der Waals surface area contributed by atoms with Crippen molar-refractivity contribution in [1.82, 2.24) is 0 Å². The van der Waals surface area contributed by atoms with Gasteiger partial charge in [-0.15, -0.1) is 0 Å². The van der Waals surface area contributed by atoms with E-state index in [2.05, 4.69) is 0 Å². The molecule has 0 saturated carbocycles. The first-order valence-corrected chi connectivity index (χ1v) is 5.33. The van der Waals surface area contributed by atoms with Gasteiger partial charge in [-0.25, -0.2) is 8.78 Å². The summed E-state index contributed by atoms with van der Waals surface area (Å²) in [4.78, 5) is 11.8. The summed E-state index contributed by atoms with van der Waals surface area (Å²) < 4.78 is 78.7. The van der Waals surface area contributed by atoms with E-state index in [1.165, 1.54) is 12.1 Å². The van der Waals surface area contributed by atoms with Crippen molar-refractivity contribution in [2.45, 2.75) is 11.8 Å². The first-order chi connectivity index (χ1) is 9.18. The van der Waals surface area contributed by atoms with Gasteiger partial charge in [-0.1, -0.05) is 12.1 Å². The Kier molecular flexibility index (Phi) is 3.23. The van der Waals surface area contributed by atoms with Crippen molar-refractivity contribution in [2.24, 2.45) is 0 Å². The van der Waals surface area contributed by atoms with E-state index < -0.39 is 40.4 Å². The second-order valence-corrected chi connectivity index (χ2v) is 4.07. The number of hydrogen-bond acceptors (Lipinski definition) is 1. The van der Waals surface area contributed by atoms with Crippen LogP contribution >= 0.6 is 0 Å². The zero-order valence-corrected chi connectivity index (χ0v) is 9.64. The molecule has 0 N–H and O–H groups in total. The van der Waals surface area contributed by atoms with Crippen LogP contribution in [0.2, 0.25) is 0 Å². The largest absolute Gasteiger partial charge is 0.365 e. The standard InChI is InChI=1S/C13H6F6O/c14-9-4-2-1-3-7(9)10(20)8-5-6-12(16,17)13(18,19)11(8)15/h1-6H. The number of hydrogen-bond donors (Lipinski definition) is 0. The molecule has 0 saturated heterocycles. The Morgan fingerprint density at radius 1 is 1.00 bits per heavy atom. The zero-order valence-electron chi connectivity index (χ0n) is 9.64. The molecule has 0 atom stereocenters. The number of Topliss-reactive ketones (excluding diaryl/α,β-unsaturated/α-hetero) is 1. The maximum atomic E-state index is 13.4. The van der Waals surface area contributed by atoms with Crippen LogP contribution in [-0.4, -0.2) is 17.6 Å². The molecule has 0 amide bonds. The van der Waals surface area contributed by atoms with Crippen molar-refractivity contribution < 1.29 is 31.1 Å².